The zero-order valence-electron chi connectivity index (χ0n) is 12.2. The minimum atomic E-state index is -0.209. The number of carbonyl (C=O) groups excluding carboxylic acids is 3. The van der Waals surface area contributed by atoms with E-state index in [4.69, 9.17) is 0 Å². The van der Waals surface area contributed by atoms with Crippen LogP contribution in [-0.4, -0.2) is 74.0 Å². The van der Waals surface area contributed by atoms with Gasteiger partial charge in [-0.15, -0.1) is 0 Å². The number of carbonyl (C=O) groups is 3. The van der Waals surface area contributed by atoms with E-state index in [2.05, 4.69) is 15.0 Å². The number of nitrogens with zero attached hydrogens (tertiary/aromatic N) is 2. The molecule has 1 aliphatic rings. The number of hydrogen-bond acceptors (Lipinski definition) is 5. The molecule has 1 aliphatic heterocycles. The van der Waals surface area contributed by atoms with Gasteiger partial charge in [-0.3, -0.25) is 19.3 Å². The number of rotatable bonds is 6. The maximum Gasteiger partial charge on any atom is 0.306 e. The molecule has 1 rings (SSSR count). The van der Waals surface area contributed by atoms with Crippen molar-refractivity contribution in [2.24, 2.45) is 0 Å². The SMILES string of the molecule is COC(=O)CCN1CCN(C(=O)CCNC(C)=O)CC1. The van der Waals surface area contributed by atoms with Crippen LogP contribution in [0.2, 0.25) is 0 Å². The standard InChI is InChI=1S/C13H23N3O4/c1-11(17)14-5-3-12(18)16-9-7-15(8-10-16)6-4-13(19)20-2/h3-10H2,1-2H3,(H,14,17). The Bertz CT molecular complexity index is 352. The van der Waals surface area contributed by atoms with E-state index >= 15 is 0 Å². The van der Waals surface area contributed by atoms with Gasteiger partial charge >= 0.3 is 5.97 Å². The Morgan fingerprint density at radius 1 is 1.10 bits per heavy atom. The molecule has 1 fully saturated rings. The summed E-state index contributed by atoms with van der Waals surface area (Å²) < 4.78 is 4.60. The second-order valence-electron chi connectivity index (χ2n) is 4.78. The van der Waals surface area contributed by atoms with Crippen molar-refractivity contribution >= 4 is 17.8 Å². The van der Waals surface area contributed by atoms with Gasteiger partial charge < -0.3 is 15.0 Å². The highest BCUT2D eigenvalue weighted by molar-refractivity contribution is 5.78. The molecule has 0 radical (unpaired) electrons. The Balaban J connectivity index is 2.19. The normalized spacial score (nSPS) is 15.8. The number of ether oxygens (including phenoxy) is 1. The highest BCUT2D eigenvalue weighted by atomic mass is 16.5. The molecule has 1 heterocycles. The molecule has 7 heteroatoms. The van der Waals surface area contributed by atoms with Crippen molar-refractivity contribution in [1.82, 2.24) is 15.1 Å². The Kier molecular flexibility index (Phi) is 7.00. The fourth-order valence-electron chi connectivity index (χ4n) is 2.08. The van der Waals surface area contributed by atoms with Gasteiger partial charge in [0, 0.05) is 52.6 Å². The minimum absolute atomic E-state index is 0.0615. The topological polar surface area (TPSA) is 79.0 Å². The summed E-state index contributed by atoms with van der Waals surface area (Å²) in [6.07, 6.45) is 0.717. The summed E-state index contributed by atoms with van der Waals surface area (Å²) in [5, 5.41) is 2.62. The molecule has 20 heavy (non-hydrogen) atoms. The van der Waals surface area contributed by atoms with Crippen molar-refractivity contribution in [1.29, 1.82) is 0 Å². The average molecular weight is 285 g/mol. The van der Waals surface area contributed by atoms with Gasteiger partial charge in [-0.25, -0.2) is 0 Å². The highest BCUT2D eigenvalue weighted by Crippen LogP contribution is 2.04. The first-order valence-electron chi connectivity index (χ1n) is 6.84. The maximum atomic E-state index is 11.9. The van der Waals surface area contributed by atoms with Crippen molar-refractivity contribution < 1.29 is 19.1 Å². The fraction of sp³-hybridized carbons (Fsp3) is 0.769. The molecule has 1 saturated heterocycles. The van der Waals surface area contributed by atoms with Crippen molar-refractivity contribution in [3.63, 3.8) is 0 Å². The first-order chi connectivity index (χ1) is 9.52. The van der Waals surface area contributed by atoms with Crippen LogP contribution >= 0.6 is 0 Å². The molecule has 0 aromatic rings. The summed E-state index contributed by atoms with van der Waals surface area (Å²) in [7, 11) is 1.38. The summed E-state index contributed by atoms with van der Waals surface area (Å²) in [6.45, 7) is 5.35. The second-order valence-corrected chi connectivity index (χ2v) is 4.78. The average Bonchev–Trinajstić information content (AvgIpc) is 2.44. The molecule has 0 unspecified atom stereocenters. The van der Waals surface area contributed by atoms with Crippen LogP contribution in [0.25, 0.3) is 0 Å². The molecule has 0 aliphatic carbocycles. The van der Waals surface area contributed by atoms with E-state index < -0.39 is 0 Å². The number of methoxy groups -OCH3 is 1. The number of esters is 1. The first kappa shape index (κ1) is 16.4. The van der Waals surface area contributed by atoms with Crippen molar-refractivity contribution in [2.45, 2.75) is 19.8 Å². The van der Waals surface area contributed by atoms with Crippen LogP contribution in [0, 0.1) is 0 Å². The number of hydrogen-bond donors (Lipinski definition) is 1. The van der Waals surface area contributed by atoms with Crippen LogP contribution in [0.15, 0.2) is 0 Å². The van der Waals surface area contributed by atoms with Gasteiger partial charge in [0.25, 0.3) is 0 Å². The number of piperazine rings is 1. The molecular formula is C13H23N3O4. The molecule has 1 N–H and O–H groups in total. The van der Waals surface area contributed by atoms with Crippen LogP contribution in [0.5, 0.6) is 0 Å². The van der Waals surface area contributed by atoms with Gasteiger partial charge in [0.05, 0.1) is 13.5 Å². The van der Waals surface area contributed by atoms with Gasteiger partial charge in [-0.05, 0) is 0 Å². The van der Waals surface area contributed by atoms with Crippen LogP contribution in [-0.2, 0) is 19.1 Å². The summed E-state index contributed by atoms with van der Waals surface area (Å²) in [5.41, 5.74) is 0. The van der Waals surface area contributed by atoms with Crippen molar-refractivity contribution in [3.8, 4) is 0 Å². The minimum Gasteiger partial charge on any atom is -0.469 e. The lowest BCUT2D eigenvalue weighted by Gasteiger charge is -2.34. The third kappa shape index (κ3) is 6.01. The Morgan fingerprint density at radius 2 is 1.75 bits per heavy atom. The number of amides is 2. The lowest BCUT2D eigenvalue weighted by atomic mass is 10.2. The predicted octanol–water partition coefficient (Wildman–Crippen LogP) is -0.780. The fourth-order valence-corrected chi connectivity index (χ4v) is 2.08. The van der Waals surface area contributed by atoms with Gasteiger partial charge in [0.1, 0.15) is 0 Å². The summed E-state index contributed by atoms with van der Waals surface area (Å²) in [4.78, 5) is 37.6. The Morgan fingerprint density at radius 3 is 2.30 bits per heavy atom. The van der Waals surface area contributed by atoms with Gasteiger partial charge in [-0.2, -0.15) is 0 Å². The third-order valence-corrected chi connectivity index (χ3v) is 3.30. The predicted molar refractivity (Wildman–Crippen MR) is 73.0 cm³/mol. The van der Waals surface area contributed by atoms with E-state index in [0.29, 0.717) is 39.0 Å². The molecule has 0 aromatic heterocycles. The lowest BCUT2D eigenvalue weighted by molar-refractivity contribution is -0.141. The molecule has 0 aromatic carbocycles. The van der Waals surface area contributed by atoms with E-state index in [1.807, 2.05) is 0 Å². The van der Waals surface area contributed by atoms with Crippen LogP contribution in [0.1, 0.15) is 19.8 Å². The van der Waals surface area contributed by atoms with E-state index in [1.54, 1.807) is 4.90 Å². The Labute approximate surface area is 119 Å². The molecule has 0 bridgehead atoms. The molecule has 0 saturated carbocycles. The first-order valence-corrected chi connectivity index (χ1v) is 6.84. The zero-order chi connectivity index (χ0) is 15.0. The molecular weight excluding hydrogens is 262 g/mol. The largest absolute Gasteiger partial charge is 0.469 e. The van der Waals surface area contributed by atoms with E-state index in [0.717, 1.165) is 13.1 Å². The van der Waals surface area contributed by atoms with E-state index in [-0.39, 0.29) is 17.8 Å². The monoisotopic (exact) mass is 285 g/mol. The molecule has 0 atom stereocenters. The maximum absolute atomic E-state index is 11.9. The third-order valence-electron chi connectivity index (χ3n) is 3.30. The molecule has 114 valence electrons. The van der Waals surface area contributed by atoms with Gasteiger partial charge in [-0.1, -0.05) is 0 Å². The molecule has 0 spiro atoms. The summed E-state index contributed by atoms with van der Waals surface area (Å²) in [6, 6.07) is 0. The van der Waals surface area contributed by atoms with Crippen molar-refractivity contribution in [3.05, 3.63) is 0 Å². The lowest BCUT2D eigenvalue weighted by Crippen LogP contribution is -2.49. The summed E-state index contributed by atoms with van der Waals surface area (Å²) >= 11 is 0. The van der Waals surface area contributed by atoms with Crippen LogP contribution in [0.4, 0.5) is 0 Å². The number of nitrogens with one attached hydrogen (secondary N) is 1. The van der Waals surface area contributed by atoms with E-state index in [1.165, 1.54) is 14.0 Å². The van der Waals surface area contributed by atoms with Crippen molar-refractivity contribution in [2.75, 3.05) is 46.4 Å². The molecule has 7 nitrogen and oxygen atoms in total. The summed E-state index contributed by atoms with van der Waals surface area (Å²) in [5.74, 6) is -0.268. The highest BCUT2D eigenvalue weighted by Gasteiger charge is 2.21. The smallest absolute Gasteiger partial charge is 0.306 e. The van der Waals surface area contributed by atoms with E-state index in [9.17, 15) is 14.4 Å². The molecule has 2 amide bonds. The van der Waals surface area contributed by atoms with Gasteiger partial charge in [0.2, 0.25) is 11.8 Å². The van der Waals surface area contributed by atoms with Crippen LogP contribution < -0.4 is 5.32 Å². The van der Waals surface area contributed by atoms with Crippen LogP contribution in [0.3, 0.4) is 0 Å². The Hall–Kier alpha value is -1.63. The quantitative estimate of drug-likeness (QED) is 0.648. The second kappa shape index (κ2) is 8.52. The zero-order valence-corrected chi connectivity index (χ0v) is 12.2. The van der Waals surface area contributed by atoms with Gasteiger partial charge in [0.15, 0.2) is 0 Å².